The van der Waals surface area contributed by atoms with Gasteiger partial charge in [0.1, 0.15) is 5.82 Å². The van der Waals surface area contributed by atoms with E-state index in [0.717, 1.165) is 0 Å². The summed E-state index contributed by atoms with van der Waals surface area (Å²) < 4.78 is 12.7. The average molecular weight is 216 g/mol. The second-order valence-electron chi connectivity index (χ2n) is 3.09. The lowest BCUT2D eigenvalue weighted by molar-refractivity contribution is -0.119. The van der Waals surface area contributed by atoms with Gasteiger partial charge in [0.15, 0.2) is 0 Å². The molecule has 0 aliphatic carbocycles. The minimum atomic E-state index is -0.381. The lowest BCUT2D eigenvalue weighted by Gasteiger charge is -2.14. The Bertz CT molecular complexity index is 354. The van der Waals surface area contributed by atoms with E-state index in [1.54, 1.807) is 13.0 Å². The minimum absolute atomic E-state index is 0.141. The predicted octanol–water partition coefficient (Wildman–Crippen LogP) is 2.68. The van der Waals surface area contributed by atoms with Gasteiger partial charge in [-0.1, -0.05) is 17.7 Å². The van der Waals surface area contributed by atoms with Crippen LogP contribution in [0.2, 0.25) is 5.02 Å². The zero-order valence-electron chi connectivity index (χ0n) is 7.97. The molecule has 1 amide bonds. The summed E-state index contributed by atoms with van der Waals surface area (Å²) in [5, 5.41) is 3.00. The zero-order valence-corrected chi connectivity index (χ0v) is 8.73. The Morgan fingerprint density at radius 2 is 2.21 bits per heavy atom. The molecule has 0 bridgehead atoms. The van der Waals surface area contributed by atoms with Crippen molar-refractivity contribution in [2.45, 2.75) is 19.9 Å². The van der Waals surface area contributed by atoms with Crippen molar-refractivity contribution in [2.75, 3.05) is 0 Å². The van der Waals surface area contributed by atoms with Crippen molar-refractivity contribution in [3.8, 4) is 0 Å². The lowest BCUT2D eigenvalue weighted by Crippen LogP contribution is -2.23. The first-order valence-electron chi connectivity index (χ1n) is 4.22. The van der Waals surface area contributed by atoms with Gasteiger partial charge in [-0.2, -0.15) is 0 Å². The van der Waals surface area contributed by atoms with Crippen molar-refractivity contribution < 1.29 is 9.18 Å². The van der Waals surface area contributed by atoms with Crippen molar-refractivity contribution >= 4 is 17.5 Å². The Kier molecular flexibility index (Phi) is 3.47. The first-order valence-corrected chi connectivity index (χ1v) is 4.60. The number of halogens is 2. The topological polar surface area (TPSA) is 29.1 Å². The highest BCUT2D eigenvalue weighted by Gasteiger charge is 2.10. The standard InChI is InChI=1S/C10H11ClFNO/c1-6(13-7(2)14)9-4-3-8(12)5-10(9)11/h3-6H,1-2H3,(H,13,14). The Morgan fingerprint density at radius 1 is 1.57 bits per heavy atom. The number of carbonyl (C=O) groups is 1. The Morgan fingerprint density at radius 3 is 2.71 bits per heavy atom. The maximum atomic E-state index is 12.7. The molecule has 1 atom stereocenters. The highest BCUT2D eigenvalue weighted by Crippen LogP contribution is 2.23. The third-order valence-corrected chi connectivity index (χ3v) is 2.18. The van der Waals surface area contributed by atoms with Crippen molar-refractivity contribution in [1.29, 1.82) is 0 Å². The van der Waals surface area contributed by atoms with Gasteiger partial charge in [0.05, 0.1) is 6.04 Å². The number of rotatable bonds is 2. The number of hydrogen-bond acceptors (Lipinski definition) is 1. The van der Waals surface area contributed by atoms with Gasteiger partial charge in [0.25, 0.3) is 0 Å². The molecule has 0 aromatic heterocycles. The van der Waals surface area contributed by atoms with Crippen LogP contribution in [0, 0.1) is 5.82 Å². The van der Waals surface area contributed by atoms with Crippen LogP contribution in [0.1, 0.15) is 25.5 Å². The smallest absolute Gasteiger partial charge is 0.217 e. The van der Waals surface area contributed by atoms with Gasteiger partial charge in [-0.3, -0.25) is 4.79 Å². The number of nitrogens with one attached hydrogen (secondary N) is 1. The van der Waals surface area contributed by atoms with Gasteiger partial charge >= 0.3 is 0 Å². The number of hydrogen-bond donors (Lipinski definition) is 1. The van der Waals surface area contributed by atoms with Crippen molar-refractivity contribution in [3.05, 3.63) is 34.6 Å². The summed E-state index contributed by atoms with van der Waals surface area (Å²) in [5.41, 5.74) is 0.711. The molecule has 0 radical (unpaired) electrons. The molecular formula is C10H11ClFNO. The maximum absolute atomic E-state index is 12.7. The first-order chi connectivity index (χ1) is 6.50. The van der Waals surface area contributed by atoms with Crippen LogP contribution < -0.4 is 5.32 Å². The number of benzene rings is 1. The normalized spacial score (nSPS) is 12.3. The van der Waals surface area contributed by atoms with Crippen LogP contribution in [0.3, 0.4) is 0 Å². The fraction of sp³-hybridized carbons (Fsp3) is 0.300. The van der Waals surface area contributed by atoms with Gasteiger partial charge in [-0.25, -0.2) is 4.39 Å². The van der Waals surface area contributed by atoms with Gasteiger partial charge in [-0.15, -0.1) is 0 Å². The molecule has 1 unspecified atom stereocenters. The summed E-state index contributed by atoms with van der Waals surface area (Å²) in [6, 6.07) is 3.91. The van der Waals surface area contributed by atoms with E-state index in [9.17, 15) is 9.18 Å². The molecule has 1 rings (SSSR count). The molecule has 0 fully saturated rings. The van der Waals surface area contributed by atoms with Crippen molar-refractivity contribution in [3.63, 3.8) is 0 Å². The van der Waals surface area contributed by atoms with Crippen LogP contribution in [0.25, 0.3) is 0 Å². The largest absolute Gasteiger partial charge is 0.350 e. The fourth-order valence-corrected chi connectivity index (χ4v) is 1.57. The molecule has 1 N–H and O–H groups in total. The lowest BCUT2D eigenvalue weighted by atomic mass is 10.1. The number of amides is 1. The zero-order chi connectivity index (χ0) is 10.7. The van der Waals surface area contributed by atoms with Gasteiger partial charge in [-0.05, 0) is 24.6 Å². The summed E-state index contributed by atoms with van der Waals surface area (Å²) in [7, 11) is 0. The van der Waals surface area contributed by atoms with E-state index in [4.69, 9.17) is 11.6 Å². The van der Waals surface area contributed by atoms with E-state index < -0.39 is 0 Å². The van der Waals surface area contributed by atoms with Gasteiger partial charge < -0.3 is 5.32 Å². The molecule has 0 spiro atoms. The molecule has 0 aliphatic rings. The molecule has 1 aromatic rings. The molecule has 14 heavy (non-hydrogen) atoms. The van der Waals surface area contributed by atoms with Crippen LogP contribution in [-0.4, -0.2) is 5.91 Å². The van der Waals surface area contributed by atoms with E-state index in [1.807, 2.05) is 0 Å². The molecule has 0 heterocycles. The summed E-state index contributed by atoms with van der Waals surface area (Å²) in [6.07, 6.45) is 0. The second-order valence-corrected chi connectivity index (χ2v) is 3.50. The Hall–Kier alpha value is -1.09. The van der Waals surface area contributed by atoms with E-state index in [-0.39, 0.29) is 17.8 Å². The van der Waals surface area contributed by atoms with Crippen LogP contribution in [0.4, 0.5) is 4.39 Å². The highest BCUT2D eigenvalue weighted by molar-refractivity contribution is 6.31. The quantitative estimate of drug-likeness (QED) is 0.808. The summed E-state index contributed by atoms with van der Waals surface area (Å²) in [6.45, 7) is 3.22. The molecule has 0 saturated heterocycles. The first kappa shape index (κ1) is 11.0. The summed E-state index contributed by atoms with van der Waals surface area (Å²) >= 11 is 5.82. The molecule has 0 saturated carbocycles. The van der Waals surface area contributed by atoms with Crippen LogP contribution >= 0.6 is 11.6 Å². The fourth-order valence-electron chi connectivity index (χ4n) is 1.24. The SMILES string of the molecule is CC(=O)NC(C)c1ccc(F)cc1Cl. The van der Waals surface area contributed by atoms with Gasteiger partial charge in [0, 0.05) is 11.9 Å². The van der Waals surface area contributed by atoms with E-state index in [1.165, 1.54) is 19.1 Å². The minimum Gasteiger partial charge on any atom is -0.350 e. The monoisotopic (exact) mass is 215 g/mol. The molecule has 4 heteroatoms. The third-order valence-electron chi connectivity index (χ3n) is 1.85. The van der Waals surface area contributed by atoms with Gasteiger partial charge in [0.2, 0.25) is 5.91 Å². The van der Waals surface area contributed by atoms with E-state index in [2.05, 4.69) is 5.32 Å². The molecule has 1 aromatic carbocycles. The molecular weight excluding hydrogens is 205 g/mol. The van der Waals surface area contributed by atoms with Crippen molar-refractivity contribution in [2.24, 2.45) is 0 Å². The molecule has 0 aliphatic heterocycles. The predicted molar refractivity (Wildman–Crippen MR) is 53.6 cm³/mol. The van der Waals surface area contributed by atoms with E-state index in [0.29, 0.717) is 10.6 Å². The molecule has 2 nitrogen and oxygen atoms in total. The van der Waals surface area contributed by atoms with Crippen molar-refractivity contribution in [1.82, 2.24) is 5.32 Å². The number of carbonyl (C=O) groups excluding carboxylic acids is 1. The Labute approximate surface area is 87.1 Å². The summed E-state index contributed by atoms with van der Waals surface area (Å²) in [4.78, 5) is 10.8. The second kappa shape index (κ2) is 4.42. The average Bonchev–Trinajstić information content (AvgIpc) is 2.01. The van der Waals surface area contributed by atoms with Crippen LogP contribution in [-0.2, 0) is 4.79 Å². The highest BCUT2D eigenvalue weighted by atomic mass is 35.5. The van der Waals surface area contributed by atoms with Crippen LogP contribution in [0.15, 0.2) is 18.2 Å². The van der Waals surface area contributed by atoms with E-state index >= 15 is 0 Å². The Balaban J connectivity index is 2.90. The molecule has 76 valence electrons. The van der Waals surface area contributed by atoms with Crippen LogP contribution in [0.5, 0.6) is 0 Å². The summed E-state index contributed by atoms with van der Waals surface area (Å²) in [5.74, 6) is -0.522. The maximum Gasteiger partial charge on any atom is 0.217 e. The third kappa shape index (κ3) is 2.70.